The van der Waals surface area contributed by atoms with Crippen molar-refractivity contribution in [3.8, 4) is 0 Å². The molecule has 1 aliphatic heterocycles. The van der Waals surface area contributed by atoms with Gasteiger partial charge in [-0.25, -0.2) is 0 Å². The maximum absolute atomic E-state index is 6.24. The van der Waals surface area contributed by atoms with Gasteiger partial charge in [0.1, 0.15) is 0 Å². The fourth-order valence-electron chi connectivity index (χ4n) is 3.57. The number of nitrogens with one attached hydrogen (secondary N) is 2. The van der Waals surface area contributed by atoms with Gasteiger partial charge < -0.3 is 15.5 Å². The van der Waals surface area contributed by atoms with Crippen molar-refractivity contribution in [1.82, 2.24) is 15.1 Å². The third-order valence-electron chi connectivity index (χ3n) is 5.03. The summed E-state index contributed by atoms with van der Waals surface area (Å²) in [6.45, 7) is 6.45. The number of hydrogen-bond donors (Lipinski definition) is 2. The van der Waals surface area contributed by atoms with E-state index >= 15 is 0 Å². The molecule has 2 N–H and O–H groups in total. The van der Waals surface area contributed by atoms with Gasteiger partial charge in [0, 0.05) is 32.2 Å². The number of halogens is 1. The average molecular weight is 403 g/mol. The van der Waals surface area contributed by atoms with Gasteiger partial charge in [-0.15, -0.1) is 0 Å². The van der Waals surface area contributed by atoms with E-state index in [4.69, 9.17) is 23.8 Å². The van der Waals surface area contributed by atoms with Gasteiger partial charge in [-0.05, 0) is 43.9 Å². The Kier molecular flexibility index (Phi) is 7.07. The van der Waals surface area contributed by atoms with E-state index in [2.05, 4.69) is 64.7 Å². The Bertz CT molecular complexity index is 747. The van der Waals surface area contributed by atoms with Crippen molar-refractivity contribution in [1.29, 1.82) is 0 Å². The quantitative estimate of drug-likeness (QED) is 0.738. The fraction of sp³-hybridized carbons (Fsp3) is 0.381. The number of thiocarbonyl (C=S) groups is 1. The lowest BCUT2D eigenvalue weighted by molar-refractivity contribution is 0.0973. The molecule has 0 spiro atoms. The third-order valence-corrected chi connectivity index (χ3v) is 5.58. The summed E-state index contributed by atoms with van der Waals surface area (Å²) in [5.41, 5.74) is 2.13. The number of likely N-dealkylation sites (N-methyl/N-ethyl adjacent to an activating group) is 1. The molecule has 1 aliphatic rings. The van der Waals surface area contributed by atoms with E-state index in [1.807, 2.05) is 24.3 Å². The number of nitrogens with zero attached hydrogens (tertiary/aromatic N) is 2. The molecule has 1 heterocycles. The molecule has 3 rings (SSSR count). The van der Waals surface area contributed by atoms with Crippen LogP contribution >= 0.6 is 23.8 Å². The molecule has 2 aromatic carbocycles. The van der Waals surface area contributed by atoms with Gasteiger partial charge in [-0.2, -0.15) is 0 Å². The van der Waals surface area contributed by atoms with Crippen molar-refractivity contribution in [2.45, 2.75) is 19.0 Å². The first-order valence-electron chi connectivity index (χ1n) is 9.34. The zero-order valence-corrected chi connectivity index (χ0v) is 17.4. The van der Waals surface area contributed by atoms with Crippen LogP contribution in [0.5, 0.6) is 0 Å². The first-order chi connectivity index (χ1) is 13.0. The molecule has 6 heteroatoms. The molecule has 0 radical (unpaired) electrons. The molecule has 0 saturated carbocycles. The molecular formula is C21H27ClN4S. The molecule has 0 unspecified atom stereocenters. The SMILES string of the molecule is C[C@H](NC(=S)Nc1ccccc1Cl)[C@H](c1ccccc1)N1CCN(C)CC1. The molecule has 2 atom stereocenters. The van der Waals surface area contributed by atoms with Gasteiger partial charge in [0.2, 0.25) is 0 Å². The molecule has 2 aromatic rings. The second-order valence-electron chi connectivity index (χ2n) is 7.06. The van der Waals surface area contributed by atoms with Crippen molar-refractivity contribution in [3.63, 3.8) is 0 Å². The number of piperazine rings is 1. The lowest BCUT2D eigenvalue weighted by Crippen LogP contribution is -2.52. The predicted octanol–water partition coefficient (Wildman–Crippen LogP) is 4.00. The molecule has 4 nitrogen and oxygen atoms in total. The van der Waals surface area contributed by atoms with Gasteiger partial charge in [-0.3, -0.25) is 4.90 Å². The molecule has 1 saturated heterocycles. The predicted molar refractivity (Wildman–Crippen MR) is 119 cm³/mol. The zero-order valence-electron chi connectivity index (χ0n) is 15.9. The van der Waals surface area contributed by atoms with Crippen LogP contribution in [-0.4, -0.2) is 54.2 Å². The van der Waals surface area contributed by atoms with Crippen molar-refractivity contribution in [2.75, 3.05) is 38.5 Å². The number of para-hydroxylation sites is 1. The molecule has 0 aliphatic carbocycles. The van der Waals surface area contributed by atoms with Crippen LogP contribution in [0.25, 0.3) is 0 Å². The number of rotatable bonds is 5. The minimum Gasteiger partial charge on any atom is -0.358 e. The Hall–Kier alpha value is -1.66. The van der Waals surface area contributed by atoms with Crippen LogP contribution in [-0.2, 0) is 0 Å². The highest BCUT2D eigenvalue weighted by molar-refractivity contribution is 7.80. The fourth-order valence-corrected chi connectivity index (χ4v) is 4.05. The van der Waals surface area contributed by atoms with Crippen LogP contribution in [0, 0.1) is 0 Å². The van der Waals surface area contributed by atoms with Crippen molar-refractivity contribution >= 4 is 34.6 Å². The second-order valence-corrected chi connectivity index (χ2v) is 7.88. The topological polar surface area (TPSA) is 30.5 Å². The van der Waals surface area contributed by atoms with Gasteiger partial charge >= 0.3 is 0 Å². The van der Waals surface area contributed by atoms with Gasteiger partial charge in [0.25, 0.3) is 0 Å². The van der Waals surface area contributed by atoms with Gasteiger partial charge in [-0.1, -0.05) is 54.1 Å². The van der Waals surface area contributed by atoms with Crippen molar-refractivity contribution in [2.24, 2.45) is 0 Å². The van der Waals surface area contributed by atoms with Gasteiger partial charge in [0.15, 0.2) is 5.11 Å². The van der Waals surface area contributed by atoms with Crippen LogP contribution < -0.4 is 10.6 Å². The first-order valence-corrected chi connectivity index (χ1v) is 10.1. The Morgan fingerprint density at radius 3 is 2.30 bits per heavy atom. The van der Waals surface area contributed by atoms with Crippen LogP contribution in [0.1, 0.15) is 18.5 Å². The summed E-state index contributed by atoms with van der Waals surface area (Å²) < 4.78 is 0. The largest absolute Gasteiger partial charge is 0.358 e. The second kappa shape index (κ2) is 9.51. The maximum Gasteiger partial charge on any atom is 0.171 e. The standard InChI is InChI=1S/C21H27ClN4S/c1-16(23-21(27)24-19-11-7-6-10-18(19)22)20(17-8-4-3-5-9-17)26-14-12-25(2)13-15-26/h3-11,16,20H,12-15H2,1-2H3,(H2,23,24,27)/t16-,20+/m0/s1. The van der Waals surface area contributed by atoms with Crippen molar-refractivity contribution in [3.05, 3.63) is 65.2 Å². The summed E-state index contributed by atoms with van der Waals surface area (Å²) in [6, 6.07) is 18.7. The van der Waals surface area contributed by atoms with Crippen molar-refractivity contribution < 1.29 is 0 Å². The smallest absolute Gasteiger partial charge is 0.171 e. The van der Waals surface area contributed by atoms with E-state index in [0.29, 0.717) is 10.1 Å². The van der Waals surface area contributed by atoms with E-state index in [1.54, 1.807) is 0 Å². The molecule has 0 aromatic heterocycles. The average Bonchev–Trinajstić information content (AvgIpc) is 2.66. The lowest BCUT2D eigenvalue weighted by Gasteiger charge is -2.41. The van der Waals surface area contributed by atoms with E-state index < -0.39 is 0 Å². The van der Waals surface area contributed by atoms with Crippen LogP contribution in [0.15, 0.2) is 54.6 Å². The summed E-state index contributed by atoms with van der Waals surface area (Å²) >= 11 is 11.8. The third kappa shape index (κ3) is 5.42. The Balaban J connectivity index is 1.71. The van der Waals surface area contributed by atoms with E-state index in [9.17, 15) is 0 Å². The summed E-state index contributed by atoms with van der Waals surface area (Å²) in [5.74, 6) is 0. The molecule has 144 valence electrons. The minimum absolute atomic E-state index is 0.151. The van der Waals surface area contributed by atoms with E-state index in [1.165, 1.54) is 5.56 Å². The van der Waals surface area contributed by atoms with Crippen LogP contribution in [0.2, 0.25) is 5.02 Å². The van der Waals surface area contributed by atoms with E-state index in [0.717, 1.165) is 31.9 Å². The Labute approximate surface area is 172 Å². The summed E-state index contributed by atoms with van der Waals surface area (Å²) in [4.78, 5) is 4.92. The molecule has 1 fully saturated rings. The number of hydrogen-bond acceptors (Lipinski definition) is 3. The highest BCUT2D eigenvalue weighted by atomic mass is 35.5. The Morgan fingerprint density at radius 2 is 1.63 bits per heavy atom. The van der Waals surface area contributed by atoms with Crippen LogP contribution in [0.3, 0.4) is 0 Å². The van der Waals surface area contributed by atoms with E-state index in [-0.39, 0.29) is 12.1 Å². The van der Waals surface area contributed by atoms with Crippen LogP contribution in [0.4, 0.5) is 5.69 Å². The number of anilines is 1. The number of benzene rings is 2. The Morgan fingerprint density at radius 1 is 1.00 bits per heavy atom. The highest BCUT2D eigenvalue weighted by Gasteiger charge is 2.28. The highest BCUT2D eigenvalue weighted by Crippen LogP contribution is 2.26. The summed E-state index contributed by atoms with van der Waals surface area (Å²) in [6.07, 6.45) is 0. The molecule has 0 bridgehead atoms. The minimum atomic E-state index is 0.151. The first kappa shape index (κ1) is 20.1. The zero-order chi connectivity index (χ0) is 19.2. The van der Waals surface area contributed by atoms with Gasteiger partial charge in [0.05, 0.1) is 16.8 Å². The summed E-state index contributed by atoms with van der Waals surface area (Å²) in [7, 11) is 2.18. The summed E-state index contributed by atoms with van der Waals surface area (Å²) in [5, 5.41) is 7.94. The normalized spacial score (nSPS) is 17.9. The maximum atomic E-state index is 6.24. The molecular weight excluding hydrogens is 376 g/mol. The monoisotopic (exact) mass is 402 g/mol. The molecule has 0 amide bonds. The lowest BCUT2D eigenvalue weighted by atomic mass is 9.98. The molecule has 27 heavy (non-hydrogen) atoms.